The molecule has 0 spiro atoms. The van der Waals surface area contributed by atoms with Gasteiger partial charge in [0.1, 0.15) is 0 Å². The molecular weight excluding hydrogens is 290 g/mol. The van der Waals surface area contributed by atoms with Crippen molar-refractivity contribution in [3.63, 3.8) is 0 Å². The maximum atomic E-state index is 12.4. The van der Waals surface area contributed by atoms with E-state index in [4.69, 9.17) is 4.74 Å². The van der Waals surface area contributed by atoms with Crippen LogP contribution in [0.1, 0.15) is 58.3 Å². The highest BCUT2D eigenvalue weighted by molar-refractivity contribution is 5.93. The van der Waals surface area contributed by atoms with Crippen LogP contribution in [-0.2, 0) is 14.3 Å². The summed E-state index contributed by atoms with van der Waals surface area (Å²) >= 11 is 0. The summed E-state index contributed by atoms with van der Waals surface area (Å²) in [5.74, 6) is 2.84. The third-order valence-corrected chi connectivity index (χ3v) is 6.52. The Balaban J connectivity index is 1.72. The molecule has 5 saturated carbocycles. The van der Waals surface area contributed by atoms with Crippen LogP contribution in [-0.4, -0.2) is 18.8 Å². The monoisotopic (exact) mass is 317 g/mol. The van der Waals surface area contributed by atoms with Gasteiger partial charge in [0.25, 0.3) is 0 Å². The number of allylic oxidation sites excluding steroid dienone is 2. The Morgan fingerprint density at radius 1 is 1.00 bits per heavy atom. The summed E-state index contributed by atoms with van der Waals surface area (Å²) in [5.41, 5.74) is 0.791. The van der Waals surface area contributed by atoms with E-state index in [0.29, 0.717) is 5.76 Å². The first-order valence-corrected chi connectivity index (χ1v) is 9.11. The molecule has 5 rings (SSSR count). The topological polar surface area (TPSA) is 55.4 Å². The predicted octanol–water partition coefficient (Wildman–Crippen LogP) is 3.18. The second-order valence-corrected chi connectivity index (χ2v) is 8.43. The number of hydrogen-bond donors (Lipinski definition) is 1. The minimum atomic E-state index is -0.0747. The fourth-order valence-electron chi connectivity index (χ4n) is 5.84. The number of nitrogens with one attached hydrogen (secondary N) is 1. The van der Waals surface area contributed by atoms with Gasteiger partial charge in [-0.25, -0.2) is 0 Å². The molecule has 4 heteroatoms. The molecule has 4 nitrogen and oxygen atoms in total. The third kappa shape index (κ3) is 2.60. The van der Waals surface area contributed by atoms with Crippen molar-refractivity contribution < 1.29 is 14.3 Å². The lowest BCUT2D eigenvalue weighted by Crippen LogP contribution is -2.51. The van der Waals surface area contributed by atoms with E-state index in [1.807, 2.05) is 0 Å². The van der Waals surface area contributed by atoms with Gasteiger partial charge < -0.3 is 10.1 Å². The van der Waals surface area contributed by atoms with Crippen molar-refractivity contribution in [3.8, 4) is 0 Å². The van der Waals surface area contributed by atoms with Crippen LogP contribution in [0.3, 0.4) is 0 Å². The molecule has 0 saturated heterocycles. The van der Waals surface area contributed by atoms with Crippen molar-refractivity contribution in [2.75, 3.05) is 7.11 Å². The lowest BCUT2D eigenvalue weighted by Gasteiger charge is -2.57. The summed E-state index contributed by atoms with van der Waals surface area (Å²) in [4.78, 5) is 24.6. The van der Waals surface area contributed by atoms with E-state index in [1.54, 1.807) is 14.0 Å². The van der Waals surface area contributed by atoms with E-state index in [0.717, 1.165) is 55.6 Å². The van der Waals surface area contributed by atoms with Gasteiger partial charge in [0.05, 0.1) is 12.8 Å². The smallest absolute Gasteiger partial charge is 0.227 e. The van der Waals surface area contributed by atoms with Crippen LogP contribution in [0.2, 0.25) is 0 Å². The lowest BCUT2D eigenvalue weighted by molar-refractivity contribution is -0.123. The van der Waals surface area contributed by atoms with Gasteiger partial charge in [-0.1, -0.05) is 0 Å². The van der Waals surface area contributed by atoms with Gasteiger partial charge >= 0.3 is 0 Å². The zero-order chi connectivity index (χ0) is 16.2. The Morgan fingerprint density at radius 2 is 1.52 bits per heavy atom. The Hall–Kier alpha value is -1.32. The molecule has 5 aliphatic rings. The highest BCUT2D eigenvalue weighted by Gasteiger charge is 2.54. The molecule has 5 fully saturated rings. The molecule has 0 aromatic rings. The van der Waals surface area contributed by atoms with Crippen LogP contribution in [0.25, 0.3) is 0 Å². The van der Waals surface area contributed by atoms with Crippen LogP contribution in [0, 0.1) is 29.1 Å². The normalized spacial score (nSPS) is 39.0. The van der Waals surface area contributed by atoms with Crippen LogP contribution in [0.5, 0.6) is 0 Å². The largest absolute Gasteiger partial charge is 0.491 e. The zero-order valence-corrected chi connectivity index (χ0v) is 14.2. The summed E-state index contributed by atoms with van der Waals surface area (Å²) in [7, 11) is 1.56. The Morgan fingerprint density at radius 3 is 1.91 bits per heavy atom. The number of methoxy groups -OCH3 is 1. The number of rotatable bonds is 5. The molecular formula is C19H27NO3. The molecule has 5 aliphatic carbocycles. The SMILES string of the molecule is CO/C(C(C)=O)=C(/NC(=O)C1CC1)C12CC3CC(CC(C3)C1)C2. The van der Waals surface area contributed by atoms with Crippen molar-refractivity contribution in [2.45, 2.75) is 58.3 Å². The predicted molar refractivity (Wildman–Crippen MR) is 86.2 cm³/mol. The van der Waals surface area contributed by atoms with E-state index >= 15 is 0 Å². The van der Waals surface area contributed by atoms with Crippen LogP contribution in [0.15, 0.2) is 11.5 Å². The standard InChI is InChI=1S/C19H27NO3/c1-11(21)16(23-2)17(20-18(22)15-3-4-15)19-8-12-5-13(9-19)7-14(6-12)10-19/h12-15H,3-10H2,1-2H3,(H,20,22)/b17-16+. The number of Topliss-reactive ketones (excluding diaryl/α,β-unsaturated/α-hetero) is 1. The van der Waals surface area contributed by atoms with Crippen molar-refractivity contribution in [1.29, 1.82) is 0 Å². The molecule has 0 heterocycles. The average Bonchev–Trinajstić information content (AvgIpc) is 3.29. The molecule has 0 aliphatic heterocycles. The lowest BCUT2D eigenvalue weighted by atomic mass is 9.48. The van der Waals surface area contributed by atoms with Gasteiger partial charge in [-0.15, -0.1) is 0 Å². The van der Waals surface area contributed by atoms with E-state index in [9.17, 15) is 9.59 Å². The highest BCUT2D eigenvalue weighted by Crippen LogP contribution is 2.62. The molecule has 0 aromatic heterocycles. The fraction of sp³-hybridized carbons (Fsp3) is 0.789. The summed E-state index contributed by atoms with van der Waals surface area (Å²) < 4.78 is 5.48. The average molecular weight is 317 g/mol. The van der Waals surface area contributed by atoms with Gasteiger partial charge in [0.2, 0.25) is 5.91 Å². The fourth-order valence-corrected chi connectivity index (χ4v) is 5.84. The van der Waals surface area contributed by atoms with E-state index in [2.05, 4.69) is 5.32 Å². The summed E-state index contributed by atoms with van der Waals surface area (Å²) in [6.07, 6.45) is 9.30. The molecule has 1 amide bonds. The molecule has 126 valence electrons. The van der Waals surface area contributed by atoms with Gasteiger partial charge in [0, 0.05) is 18.3 Å². The number of carbonyl (C=O) groups is 2. The number of amides is 1. The number of ether oxygens (including phenoxy) is 1. The van der Waals surface area contributed by atoms with Crippen molar-refractivity contribution >= 4 is 11.7 Å². The molecule has 0 aromatic carbocycles. The maximum absolute atomic E-state index is 12.4. The van der Waals surface area contributed by atoms with Gasteiger partial charge in [-0.05, 0) is 69.1 Å². The molecule has 1 N–H and O–H groups in total. The van der Waals surface area contributed by atoms with Crippen molar-refractivity contribution in [1.82, 2.24) is 5.32 Å². The van der Waals surface area contributed by atoms with E-state index in [1.165, 1.54) is 19.3 Å². The van der Waals surface area contributed by atoms with E-state index < -0.39 is 0 Å². The highest BCUT2D eigenvalue weighted by atomic mass is 16.5. The summed E-state index contributed by atoms with van der Waals surface area (Å²) in [6.45, 7) is 1.54. The summed E-state index contributed by atoms with van der Waals surface area (Å²) in [5, 5.41) is 3.16. The third-order valence-electron chi connectivity index (χ3n) is 6.52. The molecule has 0 unspecified atom stereocenters. The van der Waals surface area contributed by atoms with E-state index in [-0.39, 0.29) is 23.0 Å². The molecule has 4 bridgehead atoms. The van der Waals surface area contributed by atoms with Crippen molar-refractivity contribution in [2.24, 2.45) is 29.1 Å². The van der Waals surface area contributed by atoms with Crippen LogP contribution >= 0.6 is 0 Å². The number of ketones is 1. The second-order valence-electron chi connectivity index (χ2n) is 8.43. The van der Waals surface area contributed by atoms with Crippen LogP contribution < -0.4 is 5.32 Å². The second kappa shape index (κ2) is 5.35. The van der Waals surface area contributed by atoms with Gasteiger partial charge in [0.15, 0.2) is 11.5 Å². The first-order chi connectivity index (χ1) is 11.0. The zero-order valence-electron chi connectivity index (χ0n) is 14.2. The molecule has 0 atom stereocenters. The van der Waals surface area contributed by atoms with Gasteiger partial charge in [-0.2, -0.15) is 0 Å². The number of carbonyl (C=O) groups excluding carboxylic acids is 2. The Labute approximate surface area is 138 Å². The summed E-state index contributed by atoms with van der Waals surface area (Å²) in [6, 6.07) is 0. The quantitative estimate of drug-likeness (QED) is 0.626. The molecule has 0 radical (unpaired) electrons. The van der Waals surface area contributed by atoms with Crippen molar-refractivity contribution in [3.05, 3.63) is 11.5 Å². The molecule has 23 heavy (non-hydrogen) atoms. The minimum absolute atomic E-state index is 0.0314. The Bertz CT molecular complexity index is 538. The number of hydrogen-bond acceptors (Lipinski definition) is 3. The van der Waals surface area contributed by atoms with Crippen LogP contribution in [0.4, 0.5) is 0 Å². The minimum Gasteiger partial charge on any atom is -0.491 e. The Kier molecular flexibility index (Phi) is 3.54. The first kappa shape index (κ1) is 15.2. The van der Waals surface area contributed by atoms with Gasteiger partial charge in [-0.3, -0.25) is 9.59 Å². The first-order valence-electron chi connectivity index (χ1n) is 9.11. The maximum Gasteiger partial charge on any atom is 0.227 e.